The number of sulfonamides is 1. The second kappa shape index (κ2) is 10.3. The van der Waals surface area contributed by atoms with Crippen LogP contribution in [0.4, 0.5) is 24.5 Å². The minimum absolute atomic E-state index is 0.0233. The average Bonchev–Trinajstić information content (AvgIpc) is 2.79. The largest absolute Gasteiger partial charge is 0.516 e. The maximum absolute atomic E-state index is 13.2. The summed E-state index contributed by atoms with van der Waals surface area (Å²) in [6.07, 6.45) is 0. The van der Waals surface area contributed by atoms with Gasteiger partial charge < -0.3 is 10.1 Å². The highest BCUT2D eigenvalue weighted by Crippen LogP contribution is 2.37. The number of carbonyl (C=O) groups is 1. The minimum atomic E-state index is -5.67. The first kappa shape index (κ1) is 26.6. The van der Waals surface area contributed by atoms with Gasteiger partial charge in [0.25, 0.3) is 5.91 Å². The Bertz CT molecular complexity index is 1340. The molecule has 0 radical (unpaired) electrons. The van der Waals surface area contributed by atoms with Crippen LogP contribution in [0.15, 0.2) is 65.1 Å². The maximum atomic E-state index is 13.2. The second-order valence-corrected chi connectivity index (χ2v) is 10.7. The number of anilines is 2. The summed E-state index contributed by atoms with van der Waals surface area (Å²) in [6.45, 7) is 3.72. The highest BCUT2D eigenvalue weighted by atomic mass is 79.9. The zero-order valence-corrected chi connectivity index (χ0v) is 21.4. The predicted octanol–water partition coefficient (Wildman–Crippen LogP) is 6.18. The van der Waals surface area contributed by atoms with Gasteiger partial charge in [0.1, 0.15) is 12.4 Å². The lowest BCUT2D eigenvalue weighted by Gasteiger charge is -2.24. The first-order valence-electron chi connectivity index (χ1n) is 10.2. The van der Waals surface area contributed by atoms with Crippen molar-refractivity contribution < 1.29 is 31.1 Å². The fourth-order valence-corrected chi connectivity index (χ4v) is 4.15. The molecular formula is C24H22BrF3N2O4S. The Morgan fingerprint density at radius 3 is 2.31 bits per heavy atom. The Hall–Kier alpha value is -3.05. The van der Waals surface area contributed by atoms with E-state index in [0.29, 0.717) is 5.56 Å². The number of nitrogens with zero attached hydrogens (tertiary/aromatic N) is 1. The number of rotatable bonds is 7. The first-order chi connectivity index (χ1) is 16.3. The van der Waals surface area contributed by atoms with Crippen molar-refractivity contribution in [2.75, 3.05) is 16.7 Å². The van der Waals surface area contributed by atoms with Gasteiger partial charge in [0.15, 0.2) is 0 Å². The van der Waals surface area contributed by atoms with E-state index >= 15 is 0 Å². The van der Waals surface area contributed by atoms with Crippen LogP contribution >= 0.6 is 15.9 Å². The van der Waals surface area contributed by atoms with Gasteiger partial charge in [-0.2, -0.15) is 21.6 Å². The van der Waals surface area contributed by atoms with Crippen LogP contribution in [0, 0.1) is 13.8 Å². The van der Waals surface area contributed by atoms with Crippen LogP contribution < -0.4 is 14.4 Å². The highest BCUT2D eigenvalue weighted by molar-refractivity contribution is 9.10. The van der Waals surface area contributed by atoms with Gasteiger partial charge in [0.05, 0.1) is 5.69 Å². The molecule has 1 N–H and O–H groups in total. The highest BCUT2D eigenvalue weighted by Gasteiger charge is 2.49. The molecule has 0 aliphatic heterocycles. The van der Waals surface area contributed by atoms with E-state index in [1.54, 1.807) is 24.3 Å². The third-order valence-electron chi connectivity index (χ3n) is 5.20. The van der Waals surface area contributed by atoms with E-state index in [1.807, 2.05) is 32.0 Å². The normalized spacial score (nSPS) is 11.7. The smallest absolute Gasteiger partial charge is 0.487 e. The number of alkyl halides is 3. The Balaban J connectivity index is 1.97. The van der Waals surface area contributed by atoms with Crippen molar-refractivity contribution in [3.63, 3.8) is 0 Å². The number of amides is 1. The molecule has 0 bridgehead atoms. The summed E-state index contributed by atoms with van der Waals surface area (Å²) >= 11 is 3.29. The number of benzene rings is 3. The summed E-state index contributed by atoms with van der Waals surface area (Å²) in [4.78, 5) is 12.6. The molecule has 6 nitrogen and oxygen atoms in total. The third-order valence-corrected chi connectivity index (χ3v) is 7.24. The summed E-state index contributed by atoms with van der Waals surface area (Å²) in [5.41, 5.74) is -2.62. The fraction of sp³-hybridized carbons (Fsp3) is 0.208. The monoisotopic (exact) mass is 570 g/mol. The molecule has 0 aliphatic carbocycles. The van der Waals surface area contributed by atoms with Gasteiger partial charge in [0, 0.05) is 28.8 Å². The molecule has 0 spiro atoms. The lowest BCUT2D eigenvalue weighted by atomic mass is 10.1. The van der Waals surface area contributed by atoms with Crippen LogP contribution in [0.2, 0.25) is 0 Å². The summed E-state index contributed by atoms with van der Waals surface area (Å²) in [5, 5.41) is 2.65. The molecule has 0 unspecified atom stereocenters. The standard InChI is InChI=1S/C24H22BrF3N2O4S/c1-15-4-5-16(2)18(12-15)14-34-22-13-20(29-23(31)17-6-8-19(25)9-7-17)10-11-21(22)30(3)35(32,33)24(26,27)28/h4-13H,14H2,1-3H3,(H,29,31). The van der Waals surface area contributed by atoms with Gasteiger partial charge in [-0.25, -0.2) is 0 Å². The molecule has 0 heterocycles. The van der Waals surface area contributed by atoms with Gasteiger partial charge in [-0.15, -0.1) is 0 Å². The summed E-state index contributed by atoms with van der Waals surface area (Å²) < 4.78 is 70.3. The average molecular weight is 571 g/mol. The molecule has 0 aromatic heterocycles. The maximum Gasteiger partial charge on any atom is 0.516 e. The lowest BCUT2D eigenvalue weighted by Crippen LogP contribution is -2.38. The molecule has 3 rings (SSSR count). The number of hydrogen-bond donors (Lipinski definition) is 1. The van der Waals surface area contributed by atoms with Gasteiger partial charge in [0.2, 0.25) is 0 Å². The number of ether oxygens (including phenoxy) is 1. The van der Waals surface area contributed by atoms with Crippen LogP contribution in [-0.2, 0) is 16.6 Å². The van der Waals surface area contributed by atoms with Crippen molar-refractivity contribution in [3.8, 4) is 5.75 Å². The van der Waals surface area contributed by atoms with Crippen LogP contribution in [0.5, 0.6) is 5.75 Å². The summed E-state index contributed by atoms with van der Waals surface area (Å²) in [5.74, 6) is -0.600. The Morgan fingerprint density at radius 2 is 1.69 bits per heavy atom. The molecule has 0 saturated heterocycles. The SMILES string of the molecule is Cc1ccc(C)c(COc2cc(NC(=O)c3ccc(Br)cc3)ccc2N(C)S(=O)(=O)C(F)(F)F)c1. The quantitative estimate of drug-likeness (QED) is 0.368. The van der Waals surface area contributed by atoms with E-state index < -0.39 is 21.4 Å². The molecule has 11 heteroatoms. The molecule has 186 valence electrons. The van der Waals surface area contributed by atoms with E-state index in [2.05, 4.69) is 21.2 Å². The predicted molar refractivity (Wildman–Crippen MR) is 132 cm³/mol. The lowest BCUT2D eigenvalue weighted by molar-refractivity contribution is -0.0437. The van der Waals surface area contributed by atoms with Gasteiger partial charge in [-0.05, 0) is 61.4 Å². The van der Waals surface area contributed by atoms with Crippen molar-refractivity contribution in [2.24, 2.45) is 0 Å². The number of nitrogens with one attached hydrogen (secondary N) is 1. The molecular weight excluding hydrogens is 549 g/mol. The number of carbonyl (C=O) groups excluding carboxylic acids is 1. The molecule has 3 aromatic rings. The molecule has 3 aromatic carbocycles. The number of hydrogen-bond acceptors (Lipinski definition) is 4. The Morgan fingerprint density at radius 1 is 1.03 bits per heavy atom. The molecule has 0 aliphatic rings. The van der Waals surface area contributed by atoms with Crippen LogP contribution in [0.3, 0.4) is 0 Å². The zero-order chi connectivity index (χ0) is 26.0. The fourth-order valence-electron chi connectivity index (χ4n) is 3.17. The molecule has 0 atom stereocenters. The minimum Gasteiger partial charge on any atom is -0.487 e. The zero-order valence-electron chi connectivity index (χ0n) is 19.0. The van der Waals surface area contributed by atoms with Crippen molar-refractivity contribution in [3.05, 3.63) is 87.4 Å². The van der Waals surface area contributed by atoms with E-state index in [1.165, 1.54) is 12.1 Å². The van der Waals surface area contributed by atoms with Gasteiger partial charge in [-0.1, -0.05) is 39.7 Å². The van der Waals surface area contributed by atoms with Crippen LogP contribution in [0.1, 0.15) is 27.0 Å². The topological polar surface area (TPSA) is 75.7 Å². The second-order valence-electron chi connectivity index (χ2n) is 7.78. The van der Waals surface area contributed by atoms with E-state index in [-0.39, 0.29) is 28.0 Å². The molecule has 35 heavy (non-hydrogen) atoms. The van der Waals surface area contributed by atoms with Gasteiger partial charge >= 0.3 is 15.5 Å². The molecule has 0 saturated carbocycles. The van der Waals surface area contributed by atoms with Crippen molar-refractivity contribution in [1.29, 1.82) is 0 Å². The van der Waals surface area contributed by atoms with Crippen LogP contribution in [-0.4, -0.2) is 26.9 Å². The van der Waals surface area contributed by atoms with Crippen molar-refractivity contribution >= 4 is 43.2 Å². The summed E-state index contributed by atoms with van der Waals surface area (Å²) in [6, 6.07) is 16.0. The molecule has 0 fully saturated rings. The molecule has 1 amide bonds. The van der Waals surface area contributed by atoms with E-state index in [9.17, 15) is 26.4 Å². The van der Waals surface area contributed by atoms with Gasteiger partial charge in [-0.3, -0.25) is 9.10 Å². The van der Waals surface area contributed by atoms with Crippen LogP contribution in [0.25, 0.3) is 0 Å². The van der Waals surface area contributed by atoms with E-state index in [4.69, 9.17) is 4.74 Å². The van der Waals surface area contributed by atoms with Crippen molar-refractivity contribution in [1.82, 2.24) is 0 Å². The first-order valence-corrected chi connectivity index (χ1v) is 12.5. The number of halogens is 4. The van der Waals surface area contributed by atoms with E-state index in [0.717, 1.165) is 34.3 Å². The summed E-state index contributed by atoms with van der Waals surface area (Å²) in [7, 11) is -4.88. The Kier molecular flexibility index (Phi) is 7.80. The Labute approximate surface area is 209 Å². The number of aryl methyl sites for hydroxylation is 2. The third kappa shape index (κ3) is 6.15. The van der Waals surface area contributed by atoms with Crippen molar-refractivity contribution in [2.45, 2.75) is 26.0 Å².